The summed E-state index contributed by atoms with van der Waals surface area (Å²) in [6, 6.07) is 9.22. The van der Waals surface area contributed by atoms with Crippen molar-refractivity contribution in [1.29, 1.82) is 0 Å². The highest BCUT2D eigenvalue weighted by atomic mass is 19.1. The molecule has 3 heterocycles. The zero-order valence-corrected chi connectivity index (χ0v) is 13.7. The highest BCUT2D eigenvalue weighted by Crippen LogP contribution is 2.19. The highest BCUT2D eigenvalue weighted by Gasteiger charge is 2.13. The summed E-state index contributed by atoms with van der Waals surface area (Å²) in [5, 5.41) is 14.5. The Hall–Kier alpha value is -3.62. The number of amides is 1. The normalized spacial score (nSPS) is 11.0. The fourth-order valence-corrected chi connectivity index (χ4v) is 2.52. The summed E-state index contributed by atoms with van der Waals surface area (Å²) in [5.41, 5.74) is 1.64. The molecular formula is C17H13FN6O2. The molecule has 0 atom stereocenters. The average Bonchev–Trinajstić information content (AvgIpc) is 3.21. The summed E-state index contributed by atoms with van der Waals surface area (Å²) in [5.74, 6) is 0.651. The molecule has 0 bridgehead atoms. The van der Waals surface area contributed by atoms with E-state index in [-0.39, 0.29) is 12.3 Å². The largest absolute Gasteiger partial charge is 0.334 e. The van der Waals surface area contributed by atoms with Gasteiger partial charge in [0.2, 0.25) is 5.91 Å². The first-order chi connectivity index (χ1) is 12.6. The zero-order chi connectivity index (χ0) is 18.1. The van der Waals surface area contributed by atoms with E-state index >= 15 is 0 Å². The number of fused-ring (bicyclic) bond motifs is 1. The van der Waals surface area contributed by atoms with Gasteiger partial charge in [-0.15, -0.1) is 10.2 Å². The molecule has 1 N–H and O–H groups in total. The van der Waals surface area contributed by atoms with Crippen LogP contribution < -0.4 is 5.32 Å². The lowest BCUT2D eigenvalue weighted by Crippen LogP contribution is -2.16. The van der Waals surface area contributed by atoms with Gasteiger partial charge in [0.05, 0.1) is 6.42 Å². The van der Waals surface area contributed by atoms with Crippen LogP contribution in [0.3, 0.4) is 0 Å². The van der Waals surface area contributed by atoms with Crippen LogP contribution in [0.5, 0.6) is 0 Å². The van der Waals surface area contributed by atoms with E-state index in [1.54, 1.807) is 35.7 Å². The lowest BCUT2D eigenvalue weighted by Gasteiger charge is -2.04. The summed E-state index contributed by atoms with van der Waals surface area (Å²) in [4.78, 5) is 16.3. The topological polar surface area (TPSA) is 98.2 Å². The molecule has 0 aliphatic heterocycles. The van der Waals surface area contributed by atoms with Crippen molar-refractivity contribution in [1.82, 2.24) is 24.7 Å². The second-order valence-electron chi connectivity index (χ2n) is 5.64. The van der Waals surface area contributed by atoms with Crippen LogP contribution in [0.1, 0.15) is 11.6 Å². The third-order valence-electron chi connectivity index (χ3n) is 3.68. The monoisotopic (exact) mass is 352 g/mol. The molecule has 26 heavy (non-hydrogen) atoms. The molecular weight excluding hydrogens is 339 g/mol. The number of rotatable bonds is 4. The number of nitrogens with one attached hydrogen (secondary N) is 1. The van der Waals surface area contributed by atoms with Crippen molar-refractivity contribution in [2.75, 3.05) is 5.32 Å². The molecule has 8 nitrogen and oxygen atoms in total. The molecule has 0 radical (unpaired) electrons. The third-order valence-corrected chi connectivity index (χ3v) is 3.68. The molecule has 4 rings (SSSR count). The van der Waals surface area contributed by atoms with Crippen LogP contribution in [0.4, 0.5) is 10.1 Å². The van der Waals surface area contributed by atoms with Crippen molar-refractivity contribution in [3.8, 4) is 11.5 Å². The molecule has 0 saturated heterocycles. The number of aromatic nitrogens is 5. The number of pyridine rings is 1. The summed E-state index contributed by atoms with van der Waals surface area (Å²) in [6.07, 6.45) is 1.73. The minimum atomic E-state index is -0.417. The van der Waals surface area contributed by atoms with E-state index < -0.39 is 5.82 Å². The van der Waals surface area contributed by atoms with Crippen LogP contribution in [0, 0.1) is 12.7 Å². The smallest absolute Gasteiger partial charge is 0.258 e. The van der Waals surface area contributed by atoms with Gasteiger partial charge in [-0.1, -0.05) is 11.2 Å². The Morgan fingerprint density at radius 1 is 1.27 bits per heavy atom. The van der Waals surface area contributed by atoms with Gasteiger partial charge in [-0.25, -0.2) is 4.39 Å². The van der Waals surface area contributed by atoms with Crippen LogP contribution in [-0.2, 0) is 11.2 Å². The number of carbonyl (C=O) groups is 1. The van der Waals surface area contributed by atoms with E-state index in [2.05, 4.69) is 25.7 Å². The Morgan fingerprint density at radius 3 is 2.92 bits per heavy atom. The maximum absolute atomic E-state index is 13.2. The molecule has 0 aliphatic rings. The molecule has 1 amide bonds. The number of carbonyl (C=O) groups excluding carboxylic acids is 1. The number of aryl methyl sites for hydroxylation is 1. The Bertz CT molecular complexity index is 1100. The molecule has 0 spiro atoms. The average molecular weight is 352 g/mol. The second kappa shape index (κ2) is 6.36. The van der Waals surface area contributed by atoms with Crippen molar-refractivity contribution >= 4 is 17.2 Å². The van der Waals surface area contributed by atoms with Gasteiger partial charge < -0.3 is 9.84 Å². The maximum atomic E-state index is 13.2. The summed E-state index contributed by atoms with van der Waals surface area (Å²) in [7, 11) is 0. The van der Waals surface area contributed by atoms with Crippen LogP contribution in [0.15, 0.2) is 47.1 Å². The molecule has 130 valence electrons. The Balaban J connectivity index is 1.54. The zero-order valence-electron chi connectivity index (χ0n) is 13.7. The predicted molar refractivity (Wildman–Crippen MR) is 89.7 cm³/mol. The molecule has 9 heteroatoms. The number of benzene rings is 1. The maximum Gasteiger partial charge on any atom is 0.258 e. The van der Waals surface area contributed by atoms with Crippen LogP contribution in [0.25, 0.3) is 17.1 Å². The first-order valence-corrected chi connectivity index (χ1v) is 7.78. The molecule has 0 unspecified atom stereocenters. The van der Waals surface area contributed by atoms with Gasteiger partial charge >= 0.3 is 0 Å². The molecule has 3 aromatic heterocycles. The SMILES string of the molecule is Cc1noc(-c2ccn3c(CC(=O)Nc4cccc(F)c4)nnc3c2)n1. The van der Waals surface area contributed by atoms with Crippen molar-refractivity contribution < 1.29 is 13.7 Å². The number of hydrogen-bond acceptors (Lipinski definition) is 6. The van der Waals surface area contributed by atoms with E-state index in [9.17, 15) is 9.18 Å². The minimum absolute atomic E-state index is 0.00328. The van der Waals surface area contributed by atoms with E-state index in [1.807, 2.05) is 0 Å². The second-order valence-corrected chi connectivity index (χ2v) is 5.64. The summed E-state index contributed by atoms with van der Waals surface area (Å²) < 4.78 is 20.0. The van der Waals surface area contributed by atoms with E-state index in [4.69, 9.17) is 4.52 Å². The van der Waals surface area contributed by atoms with Crippen molar-refractivity contribution in [3.05, 3.63) is 60.1 Å². The van der Waals surface area contributed by atoms with Gasteiger partial charge in [0.15, 0.2) is 11.5 Å². The highest BCUT2D eigenvalue weighted by molar-refractivity contribution is 5.91. The first-order valence-electron chi connectivity index (χ1n) is 7.78. The molecule has 1 aromatic carbocycles. The lowest BCUT2D eigenvalue weighted by molar-refractivity contribution is -0.115. The fourth-order valence-electron chi connectivity index (χ4n) is 2.52. The molecule has 0 saturated carbocycles. The Kier molecular flexibility index (Phi) is 3.88. The lowest BCUT2D eigenvalue weighted by atomic mass is 10.2. The van der Waals surface area contributed by atoms with Gasteiger partial charge in [0, 0.05) is 17.4 Å². The third kappa shape index (κ3) is 3.14. The van der Waals surface area contributed by atoms with E-state index in [0.29, 0.717) is 34.4 Å². The van der Waals surface area contributed by atoms with E-state index in [0.717, 1.165) is 0 Å². The standard InChI is InChI=1S/C17H13FN6O2/c1-10-19-17(26-23-10)11-5-6-24-14(7-11)21-22-15(24)9-16(25)20-13-4-2-3-12(18)8-13/h2-8H,9H2,1H3,(H,20,25). The molecule has 0 aliphatic carbocycles. The van der Waals surface area contributed by atoms with Gasteiger partial charge in [-0.05, 0) is 37.3 Å². The van der Waals surface area contributed by atoms with Crippen molar-refractivity contribution in [2.45, 2.75) is 13.3 Å². The van der Waals surface area contributed by atoms with Crippen molar-refractivity contribution in [3.63, 3.8) is 0 Å². The van der Waals surface area contributed by atoms with Gasteiger partial charge in [-0.2, -0.15) is 4.98 Å². The van der Waals surface area contributed by atoms with Gasteiger partial charge in [-0.3, -0.25) is 9.20 Å². The number of nitrogens with zero attached hydrogens (tertiary/aromatic N) is 5. The fraction of sp³-hybridized carbons (Fsp3) is 0.118. The number of hydrogen-bond donors (Lipinski definition) is 1. The van der Waals surface area contributed by atoms with Crippen molar-refractivity contribution in [2.24, 2.45) is 0 Å². The van der Waals surface area contributed by atoms with Crippen LogP contribution >= 0.6 is 0 Å². The van der Waals surface area contributed by atoms with Crippen LogP contribution in [0.2, 0.25) is 0 Å². The quantitative estimate of drug-likeness (QED) is 0.606. The predicted octanol–water partition coefficient (Wildman–Crippen LogP) is 2.41. The van der Waals surface area contributed by atoms with Gasteiger partial charge in [0.25, 0.3) is 5.89 Å². The number of anilines is 1. The summed E-state index contributed by atoms with van der Waals surface area (Å²) >= 11 is 0. The van der Waals surface area contributed by atoms with Crippen LogP contribution in [-0.4, -0.2) is 30.6 Å². The molecule has 4 aromatic rings. The Morgan fingerprint density at radius 2 is 2.15 bits per heavy atom. The molecule has 0 fully saturated rings. The summed E-state index contributed by atoms with van der Waals surface area (Å²) in [6.45, 7) is 1.73. The van der Waals surface area contributed by atoms with Gasteiger partial charge in [0.1, 0.15) is 11.6 Å². The minimum Gasteiger partial charge on any atom is -0.334 e. The first kappa shape index (κ1) is 15.9. The Labute approximate surface area is 146 Å². The van der Waals surface area contributed by atoms with E-state index in [1.165, 1.54) is 18.2 Å². The number of halogens is 1.